The van der Waals surface area contributed by atoms with Crippen LogP contribution in [0.5, 0.6) is 11.5 Å². The van der Waals surface area contributed by atoms with Crippen LogP contribution < -0.4 is 10.1 Å². The van der Waals surface area contributed by atoms with E-state index in [4.69, 9.17) is 27.9 Å². The summed E-state index contributed by atoms with van der Waals surface area (Å²) in [7, 11) is -3.20. The second-order valence-corrected chi connectivity index (χ2v) is 10.3. The molecule has 4 aromatic rings. The number of methoxy groups -OCH3 is 1. The number of phenolic OH excluding ortho intramolecular Hbond substituents is 1. The minimum absolute atomic E-state index is 0.0852. The van der Waals surface area contributed by atoms with Crippen molar-refractivity contribution in [1.82, 2.24) is 0 Å². The molecule has 0 saturated carbocycles. The number of azo groups is 1. The third-order valence-electron chi connectivity index (χ3n) is 5.69. The highest BCUT2D eigenvalue weighted by atomic mass is 35.5. The van der Waals surface area contributed by atoms with Crippen LogP contribution in [0, 0.1) is 0 Å². The lowest BCUT2D eigenvalue weighted by Crippen LogP contribution is -2.12. The minimum Gasteiger partial charge on any atom is -0.505 e. The molecule has 0 spiro atoms. The molecule has 1 amide bonds. The van der Waals surface area contributed by atoms with Gasteiger partial charge in [-0.15, -0.1) is 10.2 Å². The van der Waals surface area contributed by atoms with Crippen LogP contribution in [-0.4, -0.2) is 31.1 Å². The lowest BCUT2D eigenvalue weighted by molar-refractivity contribution is 0.102. The average Bonchev–Trinajstić information content (AvgIpc) is 2.87. The molecule has 0 fully saturated rings. The number of fused-ring (bicyclic) bond motifs is 1. The summed E-state index contributed by atoms with van der Waals surface area (Å²) in [6.45, 7) is 1.77. The molecule has 0 saturated heterocycles. The van der Waals surface area contributed by atoms with Gasteiger partial charge in [-0.2, -0.15) is 8.42 Å². The van der Waals surface area contributed by atoms with Gasteiger partial charge in [0.05, 0.1) is 17.7 Å². The Morgan fingerprint density at radius 1 is 1.03 bits per heavy atom. The number of hydrogen-bond donors (Lipinski definition) is 3. The first-order valence-electron chi connectivity index (χ1n) is 11.1. The van der Waals surface area contributed by atoms with Crippen LogP contribution in [0.4, 0.5) is 17.1 Å². The van der Waals surface area contributed by atoms with E-state index in [0.29, 0.717) is 34.2 Å². The zero-order valence-corrected chi connectivity index (χ0v) is 22.4. The molecule has 4 rings (SSSR count). The Hall–Kier alpha value is -3.70. The Labute approximate surface area is 228 Å². The van der Waals surface area contributed by atoms with Crippen molar-refractivity contribution in [1.29, 1.82) is 0 Å². The zero-order valence-electron chi connectivity index (χ0n) is 20.1. The number of aromatic hydroxyl groups is 1. The number of aryl methyl sites for hydroxylation is 1. The van der Waals surface area contributed by atoms with Gasteiger partial charge in [0.2, 0.25) is 0 Å². The summed E-state index contributed by atoms with van der Waals surface area (Å²) in [6, 6.07) is 15.4. The maximum Gasteiger partial charge on any atom is 0.296 e. The number of halogens is 2. The largest absolute Gasteiger partial charge is 0.505 e. The van der Waals surface area contributed by atoms with E-state index >= 15 is 0 Å². The number of hydrogen-bond acceptors (Lipinski definition) is 7. The quantitative estimate of drug-likeness (QED) is 0.156. The van der Waals surface area contributed by atoms with Gasteiger partial charge in [0, 0.05) is 16.1 Å². The standard InChI is InChI=1S/C26H21Cl2N3O6S/c1-3-14-11-23(38(34,35)36)21(13-19(14)27)30-31-24-17-7-5-4-6-15(17)10-18(25(24)32)26(33)29-16-8-9-22(37-2)20(28)12-16/h4-13,32H,3H2,1-2H3,(H,29,33)(H,34,35,36). The highest BCUT2D eigenvalue weighted by Crippen LogP contribution is 2.41. The molecule has 0 atom stereocenters. The van der Waals surface area contributed by atoms with E-state index in [-0.39, 0.29) is 27.0 Å². The van der Waals surface area contributed by atoms with E-state index in [0.717, 1.165) is 0 Å². The number of rotatable bonds is 7. The third kappa shape index (κ3) is 5.58. The van der Waals surface area contributed by atoms with E-state index in [1.54, 1.807) is 43.3 Å². The Morgan fingerprint density at radius 3 is 2.42 bits per heavy atom. The van der Waals surface area contributed by atoms with Gasteiger partial charge in [0.1, 0.15) is 22.0 Å². The molecular weight excluding hydrogens is 553 g/mol. The number of nitrogens with zero attached hydrogens (tertiary/aromatic N) is 2. The average molecular weight is 574 g/mol. The zero-order chi connectivity index (χ0) is 27.6. The highest BCUT2D eigenvalue weighted by Gasteiger charge is 2.21. The van der Waals surface area contributed by atoms with E-state index in [1.807, 2.05) is 0 Å². The number of carbonyl (C=O) groups is 1. The first-order chi connectivity index (χ1) is 18.0. The van der Waals surface area contributed by atoms with Crippen molar-refractivity contribution in [3.05, 3.63) is 81.8 Å². The molecule has 3 N–H and O–H groups in total. The van der Waals surface area contributed by atoms with Crippen LogP contribution in [0.1, 0.15) is 22.8 Å². The van der Waals surface area contributed by atoms with Gasteiger partial charge < -0.3 is 15.2 Å². The highest BCUT2D eigenvalue weighted by molar-refractivity contribution is 7.86. The van der Waals surface area contributed by atoms with Crippen LogP contribution in [-0.2, 0) is 16.5 Å². The summed E-state index contributed by atoms with van der Waals surface area (Å²) in [5.74, 6) is -0.716. The molecule has 196 valence electrons. The Morgan fingerprint density at radius 2 is 1.76 bits per heavy atom. The molecular formula is C26H21Cl2N3O6S. The monoisotopic (exact) mass is 573 g/mol. The summed E-state index contributed by atoms with van der Waals surface area (Å²) in [4.78, 5) is 12.6. The van der Waals surface area contributed by atoms with Gasteiger partial charge in [-0.05, 0) is 53.8 Å². The smallest absolute Gasteiger partial charge is 0.296 e. The molecule has 4 aromatic carbocycles. The van der Waals surface area contributed by atoms with Gasteiger partial charge >= 0.3 is 0 Å². The van der Waals surface area contributed by atoms with Crippen LogP contribution in [0.25, 0.3) is 10.8 Å². The molecule has 9 nitrogen and oxygen atoms in total. The Bertz CT molecular complexity index is 1710. The Kier molecular flexibility index (Phi) is 7.89. The lowest BCUT2D eigenvalue weighted by atomic mass is 10.0. The summed E-state index contributed by atoms with van der Waals surface area (Å²) >= 11 is 12.4. The molecule has 0 radical (unpaired) electrons. The first-order valence-corrected chi connectivity index (χ1v) is 13.3. The van der Waals surface area contributed by atoms with Crippen LogP contribution in [0.3, 0.4) is 0 Å². The maximum absolute atomic E-state index is 13.1. The molecule has 0 heterocycles. The van der Waals surface area contributed by atoms with Crippen molar-refractivity contribution in [2.45, 2.75) is 18.2 Å². The van der Waals surface area contributed by atoms with Crippen molar-refractivity contribution < 1.29 is 27.6 Å². The number of amides is 1. The SMILES string of the molecule is CCc1cc(S(=O)(=O)O)c(N=Nc2c(O)c(C(=O)Nc3ccc(OC)c(Cl)c3)cc3ccccc23)cc1Cl. The predicted octanol–water partition coefficient (Wildman–Crippen LogP) is 7.34. The predicted molar refractivity (Wildman–Crippen MR) is 146 cm³/mol. The number of nitrogens with one attached hydrogen (secondary N) is 1. The molecule has 0 aliphatic rings. The summed E-state index contributed by atoms with van der Waals surface area (Å²) in [5.41, 5.74) is 0.418. The summed E-state index contributed by atoms with van der Waals surface area (Å²) < 4.78 is 38.8. The van der Waals surface area contributed by atoms with Crippen LogP contribution in [0.2, 0.25) is 10.0 Å². The molecule has 38 heavy (non-hydrogen) atoms. The molecule has 12 heteroatoms. The van der Waals surface area contributed by atoms with E-state index in [2.05, 4.69) is 15.5 Å². The minimum atomic E-state index is -4.66. The second kappa shape index (κ2) is 11.0. The molecule has 0 aromatic heterocycles. The fraction of sp³-hybridized carbons (Fsp3) is 0.115. The molecule has 0 aliphatic carbocycles. The topological polar surface area (TPSA) is 138 Å². The number of anilines is 1. The van der Waals surface area contributed by atoms with Gasteiger partial charge in [0.25, 0.3) is 16.0 Å². The van der Waals surface area contributed by atoms with Crippen LogP contribution in [0.15, 0.2) is 75.8 Å². The summed E-state index contributed by atoms with van der Waals surface area (Å²) in [5, 5.41) is 23.3. The lowest BCUT2D eigenvalue weighted by Gasteiger charge is -2.12. The summed E-state index contributed by atoms with van der Waals surface area (Å²) in [6.07, 6.45) is 0.417. The second-order valence-electron chi connectivity index (χ2n) is 8.09. The van der Waals surface area contributed by atoms with E-state index < -0.39 is 26.7 Å². The van der Waals surface area contributed by atoms with Crippen LogP contribution >= 0.6 is 23.2 Å². The Balaban J connectivity index is 1.81. The normalized spacial score (nSPS) is 11.7. The van der Waals surface area contributed by atoms with Crippen molar-refractivity contribution in [2.24, 2.45) is 10.2 Å². The van der Waals surface area contributed by atoms with Crippen molar-refractivity contribution in [2.75, 3.05) is 12.4 Å². The number of benzene rings is 4. The number of ether oxygens (including phenoxy) is 1. The van der Waals surface area contributed by atoms with Crippen molar-refractivity contribution in [3.8, 4) is 11.5 Å². The third-order valence-corrected chi connectivity index (χ3v) is 7.22. The molecule has 0 aliphatic heterocycles. The van der Waals surface area contributed by atoms with Crippen molar-refractivity contribution in [3.63, 3.8) is 0 Å². The molecule has 0 unspecified atom stereocenters. The van der Waals surface area contributed by atoms with E-state index in [9.17, 15) is 22.9 Å². The van der Waals surface area contributed by atoms with Gasteiger partial charge in [-0.25, -0.2) is 0 Å². The number of carbonyl (C=O) groups excluding carboxylic acids is 1. The molecule has 0 bridgehead atoms. The number of phenols is 1. The first kappa shape index (κ1) is 27.3. The van der Waals surface area contributed by atoms with E-state index in [1.165, 1.54) is 31.4 Å². The van der Waals surface area contributed by atoms with Gasteiger partial charge in [0.15, 0.2) is 5.75 Å². The fourth-order valence-corrected chi connectivity index (χ4v) is 4.98. The van der Waals surface area contributed by atoms with Crippen molar-refractivity contribution >= 4 is 67.1 Å². The maximum atomic E-state index is 13.1. The van der Waals surface area contributed by atoms with Gasteiger partial charge in [-0.3, -0.25) is 9.35 Å². The fourth-order valence-electron chi connectivity index (χ4n) is 3.78. The van der Waals surface area contributed by atoms with Gasteiger partial charge in [-0.1, -0.05) is 54.4 Å².